The summed E-state index contributed by atoms with van der Waals surface area (Å²) in [4.78, 5) is 29.5. The van der Waals surface area contributed by atoms with Gasteiger partial charge in [-0.2, -0.15) is 0 Å². The van der Waals surface area contributed by atoms with Gasteiger partial charge in [-0.05, 0) is 65.7 Å². The highest BCUT2D eigenvalue weighted by molar-refractivity contribution is 5.95. The predicted molar refractivity (Wildman–Crippen MR) is 154 cm³/mol. The minimum Gasteiger partial charge on any atom is -0.497 e. The van der Waals surface area contributed by atoms with Crippen molar-refractivity contribution >= 4 is 28.0 Å². The Hall–Kier alpha value is -5.18. The summed E-state index contributed by atoms with van der Waals surface area (Å²) in [6, 6.07) is 23.8. The highest BCUT2D eigenvalue weighted by Crippen LogP contribution is 2.34. The van der Waals surface area contributed by atoms with Gasteiger partial charge in [-0.3, -0.25) is 18.5 Å². The minimum absolute atomic E-state index is 0.0115. The molecule has 6 aromatic rings. The molecule has 4 aromatic carbocycles. The first-order valence-corrected chi connectivity index (χ1v) is 12.7. The zero-order chi connectivity index (χ0) is 28.1. The van der Waals surface area contributed by atoms with E-state index >= 15 is 0 Å². The second kappa shape index (κ2) is 9.53. The Labute approximate surface area is 228 Å². The van der Waals surface area contributed by atoms with Gasteiger partial charge >= 0.3 is 5.69 Å². The average molecular weight is 536 g/mol. The smallest absolute Gasteiger partial charge is 0.328 e. The minimum atomic E-state index is -0.596. The number of aryl methyl sites for hydroxylation is 2. The molecule has 2 aromatic heterocycles. The van der Waals surface area contributed by atoms with Crippen LogP contribution in [0.1, 0.15) is 10.4 Å². The van der Waals surface area contributed by atoms with Gasteiger partial charge in [0.25, 0.3) is 5.91 Å². The number of halogens is 1. The number of amides is 1. The van der Waals surface area contributed by atoms with E-state index in [9.17, 15) is 14.0 Å². The van der Waals surface area contributed by atoms with Crippen LogP contribution in [0.15, 0.2) is 83.7 Å². The molecule has 6 rings (SSSR count). The molecule has 8 nitrogen and oxygen atoms in total. The molecule has 40 heavy (non-hydrogen) atoms. The summed E-state index contributed by atoms with van der Waals surface area (Å²) in [5.41, 5.74) is 6.13. The molecule has 0 saturated heterocycles. The zero-order valence-corrected chi connectivity index (χ0v) is 22.4. The van der Waals surface area contributed by atoms with Crippen LogP contribution in [-0.2, 0) is 14.1 Å². The Balaban J connectivity index is 1.57. The number of nitrogens with one attached hydrogen (secondary N) is 1. The Morgan fingerprint density at radius 3 is 2.33 bits per heavy atom. The van der Waals surface area contributed by atoms with E-state index in [1.165, 1.54) is 19.2 Å². The quantitative estimate of drug-likeness (QED) is 0.335. The van der Waals surface area contributed by atoms with Gasteiger partial charge in [-0.1, -0.05) is 24.3 Å². The molecule has 0 bridgehead atoms. The van der Waals surface area contributed by atoms with Crippen LogP contribution in [0.5, 0.6) is 5.75 Å². The number of hydrogen-bond acceptors (Lipinski definition) is 4. The lowest BCUT2D eigenvalue weighted by Gasteiger charge is -2.11. The third-order valence-corrected chi connectivity index (χ3v) is 7.27. The first kappa shape index (κ1) is 25.1. The van der Waals surface area contributed by atoms with E-state index in [1.807, 2.05) is 65.2 Å². The molecule has 9 heteroatoms. The molecule has 2 heterocycles. The van der Waals surface area contributed by atoms with Crippen molar-refractivity contribution in [2.45, 2.75) is 0 Å². The number of carbonyl (C=O) groups is 1. The summed E-state index contributed by atoms with van der Waals surface area (Å²) < 4.78 is 25.5. The molecule has 0 aliphatic heterocycles. The van der Waals surface area contributed by atoms with Gasteiger partial charge in [-0.25, -0.2) is 14.2 Å². The summed E-state index contributed by atoms with van der Waals surface area (Å²) in [5.74, 6) is 0.312. The Bertz CT molecular complexity index is 2020. The van der Waals surface area contributed by atoms with E-state index in [1.54, 1.807) is 36.4 Å². The molecule has 0 radical (unpaired) electrons. The van der Waals surface area contributed by atoms with Crippen molar-refractivity contribution in [1.29, 1.82) is 0 Å². The molecule has 200 valence electrons. The van der Waals surface area contributed by atoms with Crippen molar-refractivity contribution in [3.63, 3.8) is 0 Å². The Morgan fingerprint density at radius 1 is 0.850 bits per heavy atom. The molecule has 0 fully saturated rings. The van der Waals surface area contributed by atoms with Gasteiger partial charge in [0.2, 0.25) is 0 Å². The largest absolute Gasteiger partial charge is 0.497 e. The summed E-state index contributed by atoms with van der Waals surface area (Å²) in [6.07, 6.45) is 0. The number of ether oxygens (including phenoxy) is 1. The van der Waals surface area contributed by atoms with Gasteiger partial charge in [0, 0.05) is 32.4 Å². The van der Waals surface area contributed by atoms with Crippen LogP contribution in [-0.4, -0.2) is 38.7 Å². The van der Waals surface area contributed by atoms with Crippen LogP contribution >= 0.6 is 0 Å². The van der Waals surface area contributed by atoms with Crippen LogP contribution in [0.25, 0.3) is 50.3 Å². The molecule has 0 atom stereocenters. The molecule has 1 N–H and O–H groups in total. The lowest BCUT2D eigenvalue weighted by molar-refractivity contribution is 0.0959. The van der Waals surface area contributed by atoms with Crippen molar-refractivity contribution in [2.75, 3.05) is 14.2 Å². The van der Waals surface area contributed by atoms with E-state index < -0.39 is 11.7 Å². The molecule has 0 aliphatic rings. The SMILES string of the molecule is CNC(=O)c1ccc(-c2ccc3c(c2)nc(-c2cccc(OC)c2)n3-c2ccc3c(c2)n(C)c(=O)n3C)cc1F. The first-order chi connectivity index (χ1) is 19.3. The van der Waals surface area contributed by atoms with Crippen molar-refractivity contribution in [3.8, 4) is 34.0 Å². The van der Waals surface area contributed by atoms with Crippen LogP contribution in [0.4, 0.5) is 4.39 Å². The number of carbonyl (C=O) groups excluding carboxylic acids is 1. The van der Waals surface area contributed by atoms with Crippen LogP contribution in [0, 0.1) is 5.82 Å². The second-order valence-corrected chi connectivity index (χ2v) is 9.55. The number of fused-ring (bicyclic) bond motifs is 2. The fourth-order valence-corrected chi connectivity index (χ4v) is 5.12. The van der Waals surface area contributed by atoms with Crippen molar-refractivity contribution in [1.82, 2.24) is 24.0 Å². The van der Waals surface area contributed by atoms with Crippen LogP contribution in [0.2, 0.25) is 0 Å². The number of aromatic nitrogens is 4. The molecular weight excluding hydrogens is 509 g/mol. The summed E-state index contributed by atoms with van der Waals surface area (Å²) >= 11 is 0. The lowest BCUT2D eigenvalue weighted by atomic mass is 10.0. The maximum absolute atomic E-state index is 14.7. The molecule has 0 aliphatic carbocycles. The van der Waals surface area contributed by atoms with Crippen molar-refractivity contribution in [2.24, 2.45) is 14.1 Å². The number of benzene rings is 4. The maximum Gasteiger partial charge on any atom is 0.328 e. The Morgan fingerprint density at radius 2 is 1.57 bits per heavy atom. The fourth-order valence-electron chi connectivity index (χ4n) is 5.12. The number of rotatable bonds is 5. The third kappa shape index (κ3) is 3.94. The molecular formula is C31H26FN5O3. The van der Waals surface area contributed by atoms with Gasteiger partial charge in [0.05, 0.1) is 34.7 Å². The van der Waals surface area contributed by atoms with Gasteiger partial charge in [0.1, 0.15) is 17.4 Å². The molecule has 1 amide bonds. The Kier molecular flexibility index (Phi) is 5.99. The maximum atomic E-state index is 14.7. The first-order valence-electron chi connectivity index (χ1n) is 12.7. The number of hydrogen-bond donors (Lipinski definition) is 1. The topological polar surface area (TPSA) is 83.1 Å². The lowest BCUT2D eigenvalue weighted by Crippen LogP contribution is -2.19. The van der Waals surface area contributed by atoms with Gasteiger partial charge < -0.3 is 10.1 Å². The highest BCUT2D eigenvalue weighted by Gasteiger charge is 2.18. The van der Waals surface area contributed by atoms with Crippen LogP contribution in [0.3, 0.4) is 0 Å². The highest BCUT2D eigenvalue weighted by atomic mass is 19.1. The second-order valence-electron chi connectivity index (χ2n) is 9.55. The number of methoxy groups -OCH3 is 1. The average Bonchev–Trinajstić information content (AvgIpc) is 3.47. The normalized spacial score (nSPS) is 11.3. The summed E-state index contributed by atoms with van der Waals surface area (Å²) in [7, 11) is 6.59. The van der Waals surface area contributed by atoms with E-state index in [4.69, 9.17) is 9.72 Å². The molecule has 0 unspecified atom stereocenters. The van der Waals surface area contributed by atoms with Crippen molar-refractivity contribution in [3.05, 3.63) is 101 Å². The third-order valence-electron chi connectivity index (χ3n) is 7.27. The fraction of sp³-hybridized carbons (Fsp3) is 0.129. The van der Waals surface area contributed by atoms with Crippen molar-refractivity contribution < 1.29 is 13.9 Å². The van der Waals surface area contributed by atoms with Crippen LogP contribution < -0.4 is 15.7 Å². The van der Waals surface area contributed by atoms with E-state index in [0.717, 1.165) is 33.4 Å². The predicted octanol–water partition coefficient (Wildman–Crippen LogP) is 5.06. The molecule has 0 spiro atoms. The standard InChI is InChI=1S/C31H26FN5O3/c1-33-30(38)23-11-8-18(15-24(23)32)19-9-12-26-25(16-19)34-29(20-6-5-7-22(14-20)40-4)37(26)21-10-13-27-28(17-21)36(3)31(39)35(27)2/h5-17H,1-4H3,(H,33,38). The summed E-state index contributed by atoms with van der Waals surface area (Å²) in [6.45, 7) is 0. The number of imidazole rings is 2. The molecule has 0 saturated carbocycles. The monoisotopic (exact) mass is 535 g/mol. The number of nitrogens with zero attached hydrogens (tertiary/aromatic N) is 4. The van der Waals surface area contributed by atoms with E-state index in [2.05, 4.69) is 5.32 Å². The van der Waals surface area contributed by atoms with Gasteiger partial charge in [0.15, 0.2) is 0 Å². The zero-order valence-electron chi connectivity index (χ0n) is 22.4. The van der Waals surface area contributed by atoms with E-state index in [-0.39, 0.29) is 11.3 Å². The van der Waals surface area contributed by atoms with E-state index in [0.29, 0.717) is 22.7 Å². The summed E-state index contributed by atoms with van der Waals surface area (Å²) in [5, 5.41) is 2.45. The van der Waals surface area contributed by atoms with Gasteiger partial charge in [-0.15, -0.1) is 0 Å².